The van der Waals surface area contributed by atoms with Gasteiger partial charge in [0.2, 0.25) is 0 Å². The molecule has 2 aromatic heterocycles. The highest BCUT2D eigenvalue weighted by atomic mass is 19.1. The van der Waals surface area contributed by atoms with Gasteiger partial charge in [0.25, 0.3) is 0 Å². The third-order valence-electron chi connectivity index (χ3n) is 6.28. The average Bonchev–Trinajstić information content (AvgIpc) is 3.38. The van der Waals surface area contributed by atoms with Crippen LogP contribution in [0.2, 0.25) is 0 Å². The fourth-order valence-electron chi connectivity index (χ4n) is 3.86. The molecule has 1 aromatic carbocycles. The first-order valence-electron chi connectivity index (χ1n) is 12.4. The molecule has 3 N–H and O–H groups in total. The summed E-state index contributed by atoms with van der Waals surface area (Å²) in [5.74, 6) is 4.72. The molecule has 0 spiro atoms. The van der Waals surface area contributed by atoms with Gasteiger partial charge in [-0.3, -0.25) is 4.68 Å². The number of nitrogen functional groups attached to an aromatic ring is 1. The molecular weight excluding hydrogens is 433 g/mol. The van der Waals surface area contributed by atoms with E-state index in [9.17, 15) is 9.50 Å². The second kappa shape index (κ2) is 9.09. The van der Waals surface area contributed by atoms with Crippen LogP contribution in [0.4, 0.5) is 10.2 Å². The molecule has 7 nitrogen and oxygen atoms in total. The minimum atomic E-state index is -2.55. The van der Waals surface area contributed by atoms with Gasteiger partial charge in [0.1, 0.15) is 18.0 Å². The van der Waals surface area contributed by atoms with Crippen molar-refractivity contribution in [3.05, 3.63) is 59.8 Å². The standard InChI is InChI=1S/C26H28FN5O2/c1-31-10-5-22(6-11-31)32-16-21(15-30-32)19-13-24(25(28)29-14-19)34-17-20-12-18(2-3-23(20)27)4-7-26(33)8-9-26/h2-3,12-16,22,33H,5-6,8-11,17H2,1H3,(H2,28,29)/i17D2. The fourth-order valence-corrected chi connectivity index (χ4v) is 3.86. The monoisotopic (exact) mass is 463 g/mol. The number of nitrogens with zero attached hydrogens (tertiary/aromatic N) is 4. The summed E-state index contributed by atoms with van der Waals surface area (Å²) in [5, 5.41) is 14.4. The maximum atomic E-state index is 14.6. The Hall–Kier alpha value is -3.41. The van der Waals surface area contributed by atoms with Crippen LogP contribution in [0.1, 0.15) is 45.6 Å². The Morgan fingerprint density at radius 2 is 2.06 bits per heavy atom. The van der Waals surface area contributed by atoms with Gasteiger partial charge < -0.3 is 20.5 Å². The Morgan fingerprint density at radius 1 is 1.26 bits per heavy atom. The number of pyridine rings is 1. The molecule has 2 aliphatic rings. The number of anilines is 1. The van der Waals surface area contributed by atoms with Gasteiger partial charge in [-0.1, -0.05) is 11.8 Å². The van der Waals surface area contributed by atoms with Crippen molar-refractivity contribution in [3.8, 4) is 28.7 Å². The topological polar surface area (TPSA) is 89.4 Å². The van der Waals surface area contributed by atoms with Crippen LogP contribution in [0.5, 0.6) is 5.75 Å². The molecule has 0 atom stereocenters. The molecule has 1 saturated heterocycles. The average molecular weight is 464 g/mol. The van der Waals surface area contributed by atoms with Crippen LogP contribution in [-0.2, 0) is 6.56 Å². The third-order valence-corrected chi connectivity index (χ3v) is 6.28. The summed E-state index contributed by atoms with van der Waals surface area (Å²) in [6, 6.07) is 5.76. The summed E-state index contributed by atoms with van der Waals surface area (Å²) in [5.41, 5.74) is 6.50. The van der Waals surface area contributed by atoms with Crippen LogP contribution in [0, 0.1) is 17.7 Å². The van der Waals surface area contributed by atoms with Gasteiger partial charge in [0, 0.05) is 34.6 Å². The summed E-state index contributed by atoms with van der Waals surface area (Å²) in [6.45, 7) is -0.522. The Kier molecular flexibility index (Phi) is 5.35. The van der Waals surface area contributed by atoms with Crippen molar-refractivity contribution in [1.29, 1.82) is 0 Å². The molecule has 3 aromatic rings. The first-order chi connectivity index (χ1) is 17.1. The van der Waals surface area contributed by atoms with Crippen molar-refractivity contribution in [2.75, 3.05) is 25.9 Å². The number of ether oxygens (including phenoxy) is 1. The lowest BCUT2D eigenvalue weighted by molar-refractivity contribution is 0.212. The molecule has 0 unspecified atom stereocenters. The van der Waals surface area contributed by atoms with Gasteiger partial charge in [-0.2, -0.15) is 5.10 Å². The van der Waals surface area contributed by atoms with E-state index in [0.29, 0.717) is 30.0 Å². The highest BCUT2D eigenvalue weighted by molar-refractivity contribution is 5.65. The molecule has 2 fully saturated rings. The number of piperidine rings is 1. The van der Waals surface area contributed by atoms with E-state index >= 15 is 0 Å². The molecule has 3 heterocycles. The number of hydrogen-bond acceptors (Lipinski definition) is 6. The third kappa shape index (κ3) is 5.06. The van der Waals surface area contributed by atoms with Crippen molar-refractivity contribution in [2.24, 2.45) is 0 Å². The first kappa shape index (κ1) is 20.0. The number of rotatable bonds is 5. The molecular formula is C26H28FN5O2. The summed E-state index contributed by atoms with van der Waals surface area (Å²) in [6.07, 6.45) is 8.47. The van der Waals surface area contributed by atoms with Crippen molar-refractivity contribution >= 4 is 5.82 Å². The number of benzene rings is 1. The number of halogens is 1. The lowest BCUT2D eigenvalue weighted by atomic mass is 10.1. The maximum absolute atomic E-state index is 14.6. The quantitative estimate of drug-likeness (QED) is 0.564. The molecule has 0 bridgehead atoms. The van der Waals surface area contributed by atoms with Gasteiger partial charge in [0.05, 0.1) is 15.0 Å². The van der Waals surface area contributed by atoms with Crippen LogP contribution in [0.3, 0.4) is 0 Å². The molecule has 1 aliphatic heterocycles. The van der Waals surface area contributed by atoms with Crippen LogP contribution in [0.15, 0.2) is 42.9 Å². The Labute approximate surface area is 201 Å². The van der Waals surface area contributed by atoms with Crippen LogP contribution in [-0.4, -0.2) is 50.5 Å². The number of hydrogen-bond donors (Lipinski definition) is 2. The summed E-state index contributed by atoms with van der Waals surface area (Å²) in [7, 11) is 2.11. The van der Waals surface area contributed by atoms with E-state index in [4.69, 9.17) is 13.2 Å². The Bertz CT molecular complexity index is 1340. The predicted molar refractivity (Wildman–Crippen MR) is 127 cm³/mol. The zero-order valence-corrected chi connectivity index (χ0v) is 19.0. The van der Waals surface area contributed by atoms with Crippen molar-refractivity contribution in [1.82, 2.24) is 19.7 Å². The maximum Gasteiger partial charge on any atom is 0.166 e. The van der Waals surface area contributed by atoms with E-state index in [0.717, 1.165) is 37.6 Å². The Balaban J connectivity index is 1.38. The number of aromatic nitrogens is 3. The molecule has 8 heteroatoms. The lowest BCUT2D eigenvalue weighted by Crippen LogP contribution is -2.31. The van der Waals surface area contributed by atoms with E-state index in [1.165, 1.54) is 12.1 Å². The predicted octanol–water partition coefficient (Wildman–Crippen LogP) is 3.39. The molecule has 0 amide bonds. The second-order valence-electron chi connectivity index (χ2n) is 9.03. The Morgan fingerprint density at radius 3 is 2.82 bits per heavy atom. The van der Waals surface area contributed by atoms with E-state index in [1.54, 1.807) is 18.5 Å². The van der Waals surface area contributed by atoms with Gasteiger partial charge in [-0.15, -0.1) is 0 Å². The number of aliphatic hydroxyl groups is 1. The minimum absolute atomic E-state index is 0.00674. The van der Waals surface area contributed by atoms with Crippen LogP contribution >= 0.6 is 0 Å². The fraction of sp³-hybridized carbons (Fsp3) is 0.385. The minimum Gasteiger partial charge on any atom is -0.485 e. The normalized spacial score (nSPS) is 19.0. The molecule has 1 aliphatic carbocycles. The van der Waals surface area contributed by atoms with Gasteiger partial charge in [-0.25, -0.2) is 9.37 Å². The van der Waals surface area contributed by atoms with Crippen molar-refractivity contribution in [2.45, 2.75) is 43.9 Å². The van der Waals surface area contributed by atoms with Gasteiger partial charge >= 0.3 is 0 Å². The first-order valence-corrected chi connectivity index (χ1v) is 11.4. The zero-order valence-electron chi connectivity index (χ0n) is 21.0. The van der Waals surface area contributed by atoms with Crippen molar-refractivity contribution < 1.29 is 17.0 Å². The molecule has 1 saturated carbocycles. The highest BCUT2D eigenvalue weighted by Gasteiger charge is 2.38. The second-order valence-corrected chi connectivity index (χ2v) is 9.03. The SMILES string of the molecule is [2H]C([2H])(Oc1cc(-c2cnn(C3CCN(C)CC3)c2)cnc1N)c1cc(C#CC2(O)CC2)ccc1F. The van der Waals surface area contributed by atoms with Gasteiger partial charge in [0.15, 0.2) is 11.6 Å². The summed E-state index contributed by atoms with van der Waals surface area (Å²) < 4.78 is 39.0. The molecule has 34 heavy (non-hydrogen) atoms. The lowest BCUT2D eigenvalue weighted by Gasteiger charge is -2.28. The highest BCUT2D eigenvalue weighted by Crippen LogP contribution is 2.34. The summed E-state index contributed by atoms with van der Waals surface area (Å²) in [4.78, 5) is 6.46. The summed E-state index contributed by atoms with van der Waals surface area (Å²) >= 11 is 0. The van der Waals surface area contributed by atoms with Crippen LogP contribution in [0.25, 0.3) is 11.1 Å². The van der Waals surface area contributed by atoms with E-state index < -0.39 is 18.0 Å². The zero-order chi connectivity index (χ0) is 25.5. The van der Waals surface area contributed by atoms with E-state index in [2.05, 4.69) is 33.9 Å². The molecule has 5 rings (SSSR count). The number of nitrogens with two attached hydrogens (primary N) is 1. The van der Waals surface area contributed by atoms with Gasteiger partial charge in [-0.05, 0) is 70.1 Å². The molecule has 176 valence electrons. The van der Waals surface area contributed by atoms with E-state index in [-0.39, 0.29) is 17.1 Å². The van der Waals surface area contributed by atoms with Crippen molar-refractivity contribution in [3.63, 3.8) is 0 Å². The number of likely N-dealkylation sites (tertiary alicyclic amines) is 1. The largest absolute Gasteiger partial charge is 0.485 e. The van der Waals surface area contributed by atoms with Crippen LogP contribution < -0.4 is 10.5 Å². The van der Waals surface area contributed by atoms with E-state index in [1.807, 2.05) is 10.9 Å². The molecule has 0 radical (unpaired) electrons. The smallest absolute Gasteiger partial charge is 0.166 e.